The minimum atomic E-state index is -1.59. The van der Waals surface area contributed by atoms with Crippen molar-refractivity contribution in [2.75, 3.05) is 6.61 Å². The van der Waals surface area contributed by atoms with Crippen LogP contribution in [0.4, 0.5) is 0 Å². The summed E-state index contributed by atoms with van der Waals surface area (Å²) < 4.78 is 0. The lowest BCUT2D eigenvalue weighted by atomic mass is 11.0. The number of ketones is 1. The Kier molecular flexibility index (Phi) is 2.01. The summed E-state index contributed by atoms with van der Waals surface area (Å²) in [4.78, 5) is 19.1. The van der Waals surface area contributed by atoms with E-state index in [0.29, 0.717) is 0 Å². The van der Waals surface area contributed by atoms with Gasteiger partial charge in [0.15, 0.2) is 0 Å². The molecule has 0 atom stereocenters. The summed E-state index contributed by atoms with van der Waals surface area (Å²) in [5.41, 5.74) is 0. The molecule has 0 aromatic rings. The molecule has 40 valence electrons. The highest BCUT2D eigenvalue weighted by Crippen LogP contribution is 1.65. The average Bonchev–Trinajstić information content (AvgIpc) is 1.65. The van der Waals surface area contributed by atoms with Gasteiger partial charge in [-0.1, -0.05) is 0 Å². The molecule has 0 spiro atoms. The Morgan fingerprint density at radius 2 is 1.86 bits per heavy atom. The molecular weight excluding hydrogens is 102 g/mol. The van der Waals surface area contributed by atoms with Crippen molar-refractivity contribution < 1.29 is 19.8 Å². The van der Waals surface area contributed by atoms with Crippen molar-refractivity contribution in [3.8, 4) is 0 Å². The number of carbonyl (C=O) groups excluding carboxylic acids is 1. The molecule has 0 bridgehead atoms. The summed E-state index contributed by atoms with van der Waals surface area (Å²) in [6, 6.07) is 0. The minimum absolute atomic E-state index is 0.921. The Morgan fingerprint density at radius 3 is 1.86 bits per heavy atom. The van der Waals surface area contributed by atoms with Crippen molar-refractivity contribution in [3.05, 3.63) is 0 Å². The topological polar surface area (TPSA) is 74.6 Å². The molecule has 2 N–H and O–H groups in total. The Balaban J connectivity index is 3.58. The first kappa shape index (κ1) is 6.10. The Bertz CT molecular complexity index is 95.1. The predicted molar refractivity (Wildman–Crippen MR) is 19.7 cm³/mol. The zero-order chi connectivity index (χ0) is 5.86. The standard InChI is InChI=1S/C3H4O4/c4-1-2(5)3(6)7/h4H,1H2,(H,6,7)/i2+1,3+1. The van der Waals surface area contributed by atoms with Crippen LogP contribution >= 0.6 is 0 Å². The quantitative estimate of drug-likeness (QED) is 0.336. The highest BCUT2D eigenvalue weighted by Gasteiger charge is 2.06. The van der Waals surface area contributed by atoms with Crippen LogP contribution in [-0.4, -0.2) is 28.6 Å². The molecule has 7 heavy (non-hydrogen) atoms. The van der Waals surface area contributed by atoms with Gasteiger partial charge in [-0.3, -0.25) is 4.79 Å². The van der Waals surface area contributed by atoms with Gasteiger partial charge in [0, 0.05) is 0 Å². The maximum absolute atomic E-state index is 9.66. The molecule has 0 rings (SSSR count). The number of aliphatic hydroxyl groups is 1. The largest absolute Gasteiger partial charge is 0.475 e. The molecule has 0 aliphatic carbocycles. The zero-order valence-electron chi connectivity index (χ0n) is 3.42. The Labute approximate surface area is 39.4 Å². The lowest BCUT2D eigenvalue weighted by Crippen LogP contribution is -2.15. The summed E-state index contributed by atoms with van der Waals surface area (Å²) in [6.45, 7) is -0.921. The molecule has 0 unspecified atom stereocenters. The third kappa shape index (κ3) is 1.88. The van der Waals surface area contributed by atoms with E-state index in [0.717, 1.165) is 0 Å². The summed E-state index contributed by atoms with van der Waals surface area (Å²) in [7, 11) is 0. The lowest BCUT2D eigenvalue weighted by Gasteiger charge is -1.80. The van der Waals surface area contributed by atoms with Crippen molar-refractivity contribution in [3.63, 3.8) is 0 Å². The van der Waals surface area contributed by atoms with Crippen LogP contribution in [0.5, 0.6) is 0 Å². The van der Waals surface area contributed by atoms with E-state index in [1.165, 1.54) is 0 Å². The maximum atomic E-state index is 9.66. The van der Waals surface area contributed by atoms with Crippen molar-refractivity contribution >= 4 is 11.8 Å². The van der Waals surface area contributed by atoms with Crippen molar-refractivity contribution in [1.29, 1.82) is 0 Å². The molecule has 0 aromatic heterocycles. The fraction of sp³-hybridized carbons (Fsp3) is 0.333. The number of aliphatic hydroxyl groups excluding tert-OH is 1. The van der Waals surface area contributed by atoms with Crippen LogP contribution in [0.2, 0.25) is 0 Å². The minimum Gasteiger partial charge on any atom is -0.475 e. The summed E-state index contributed by atoms with van der Waals surface area (Å²) in [5, 5.41) is 15.4. The Morgan fingerprint density at radius 1 is 1.43 bits per heavy atom. The second-order valence-electron chi connectivity index (χ2n) is 0.886. The van der Waals surface area contributed by atoms with Crippen LogP contribution in [0.3, 0.4) is 0 Å². The van der Waals surface area contributed by atoms with Crippen LogP contribution in [-0.2, 0) is 9.59 Å². The second-order valence-corrected chi connectivity index (χ2v) is 0.886. The average molecular weight is 106 g/mol. The molecule has 0 saturated heterocycles. The van der Waals surface area contributed by atoms with Crippen molar-refractivity contribution in [2.45, 2.75) is 0 Å². The van der Waals surface area contributed by atoms with Gasteiger partial charge in [-0.2, -0.15) is 0 Å². The molecule has 4 heteroatoms. The van der Waals surface area contributed by atoms with Gasteiger partial charge in [-0.15, -0.1) is 0 Å². The van der Waals surface area contributed by atoms with Gasteiger partial charge >= 0.3 is 5.97 Å². The SMILES string of the molecule is O=[13C](O)[13C](=O)CO. The molecule has 0 saturated carbocycles. The molecule has 0 aliphatic heterocycles. The summed E-state index contributed by atoms with van der Waals surface area (Å²) in [6.07, 6.45) is 0. The Hall–Kier alpha value is -0.900. The normalized spacial score (nSPS) is 8.14. The predicted octanol–water partition coefficient (Wildman–Crippen LogP) is -1.37. The molecule has 0 fully saturated rings. The van der Waals surface area contributed by atoms with Gasteiger partial charge in [0.2, 0.25) is 0 Å². The van der Waals surface area contributed by atoms with Gasteiger partial charge in [0.1, 0.15) is 6.61 Å². The molecule has 0 aliphatic rings. The third-order valence-electron chi connectivity index (χ3n) is 0.382. The number of hydrogen-bond acceptors (Lipinski definition) is 3. The van der Waals surface area contributed by atoms with Crippen LogP contribution in [0, 0.1) is 0 Å². The van der Waals surface area contributed by atoms with Gasteiger partial charge in [-0.25, -0.2) is 4.79 Å². The number of hydrogen-bond donors (Lipinski definition) is 2. The highest BCUT2D eigenvalue weighted by atomic mass is 16.5. The third-order valence-corrected chi connectivity index (χ3v) is 0.382. The van der Waals surface area contributed by atoms with E-state index in [2.05, 4.69) is 0 Å². The van der Waals surface area contributed by atoms with E-state index in [4.69, 9.17) is 10.2 Å². The monoisotopic (exact) mass is 106 g/mol. The highest BCUT2D eigenvalue weighted by molar-refractivity contribution is 6.33. The molecular formula is C3H4O4. The molecule has 4 nitrogen and oxygen atoms in total. The molecule has 0 radical (unpaired) electrons. The van der Waals surface area contributed by atoms with Crippen molar-refractivity contribution in [2.24, 2.45) is 0 Å². The first-order valence-corrected chi connectivity index (χ1v) is 1.55. The fourth-order valence-corrected chi connectivity index (χ4v) is 0.0676. The van der Waals surface area contributed by atoms with Crippen LogP contribution in [0.1, 0.15) is 0 Å². The molecule has 0 heterocycles. The molecule has 0 aromatic carbocycles. The second kappa shape index (κ2) is 2.30. The smallest absolute Gasteiger partial charge is 0.374 e. The maximum Gasteiger partial charge on any atom is 0.374 e. The van der Waals surface area contributed by atoms with Crippen molar-refractivity contribution in [1.82, 2.24) is 0 Å². The van der Waals surface area contributed by atoms with E-state index < -0.39 is 18.4 Å². The number of carboxylic acid groups (broad SMARTS) is 1. The van der Waals surface area contributed by atoms with Gasteiger partial charge < -0.3 is 10.2 Å². The van der Waals surface area contributed by atoms with E-state index in [9.17, 15) is 9.59 Å². The molecule has 0 amide bonds. The van der Waals surface area contributed by atoms with E-state index >= 15 is 0 Å². The van der Waals surface area contributed by atoms with Gasteiger partial charge in [0.05, 0.1) is 0 Å². The first-order chi connectivity index (χ1) is 3.18. The van der Waals surface area contributed by atoms with Gasteiger partial charge in [0.25, 0.3) is 5.78 Å². The number of Topliss-reactive ketones (excluding diaryl/α,β-unsaturated/α-hetero) is 1. The number of aliphatic carboxylic acids is 1. The van der Waals surface area contributed by atoms with Crippen LogP contribution in [0.25, 0.3) is 0 Å². The van der Waals surface area contributed by atoms with Gasteiger partial charge in [-0.05, 0) is 0 Å². The van der Waals surface area contributed by atoms with E-state index in [1.807, 2.05) is 0 Å². The van der Waals surface area contributed by atoms with Crippen LogP contribution in [0.15, 0.2) is 0 Å². The summed E-state index contributed by atoms with van der Waals surface area (Å²) >= 11 is 0. The summed E-state index contributed by atoms with van der Waals surface area (Å²) in [5.74, 6) is -2.78. The number of carbonyl (C=O) groups is 2. The number of carboxylic acids is 1. The first-order valence-electron chi connectivity index (χ1n) is 1.55. The fourth-order valence-electron chi connectivity index (χ4n) is 0.0676. The lowest BCUT2D eigenvalue weighted by molar-refractivity contribution is -0.150. The zero-order valence-corrected chi connectivity index (χ0v) is 3.42. The number of rotatable bonds is 2. The van der Waals surface area contributed by atoms with Crippen LogP contribution < -0.4 is 0 Å². The van der Waals surface area contributed by atoms with E-state index in [1.54, 1.807) is 0 Å². The van der Waals surface area contributed by atoms with E-state index in [-0.39, 0.29) is 0 Å².